The second-order valence-corrected chi connectivity index (χ2v) is 5.34. The highest BCUT2D eigenvalue weighted by molar-refractivity contribution is 5.96. The van der Waals surface area contributed by atoms with Crippen molar-refractivity contribution in [3.63, 3.8) is 0 Å². The maximum atomic E-state index is 12.2. The summed E-state index contributed by atoms with van der Waals surface area (Å²) in [5.41, 5.74) is 5.09. The van der Waals surface area contributed by atoms with Crippen LogP contribution in [0.5, 0.6) is 0 Å². The number of hydroxylamine groups is 2. The van der Waals surface area contributed by atoms with Gasteiger partial charge in [-0.2, -0.15) is 0 Å². The molecule has 3 N–H and O–H groups in total. The SMILES string of the molecule is O=C(NNC(=O)[C@@H]1CC[C@H]2CN1C(=O)N2O)c1ccccc1. The van der Waals surface area contributed by atoms with E-state index >= 15 is 0 Å². The third-order valence-corrected chi connectivity index (χ3v) is 3.98. The molecule has 0 radical (unpaired) electrons. The van der Waals surface area contributed by atoms with Crippen LogP contribution in [0.25, 0.3) is 0 Å². The summed E-state index contributed by atoms with van der Waals surface area (Å²) >= 11 is 0. The molecule has 8 nitrogen and oxygen atoms in total. The first-order valence-corrected chi connectivity index (χ1v) is 7.02. The van der Waals surface area contributed by atoms with E-state index in [1.54, 1.807) is 30.3 Å². The molecule has 0 aliphatic carbocycles. The van der Waals surface area contributed by atoms with Gasteiger partial charge in [-0.05, 0) is 25.0 Å². The Bertz CT molecular complexity index is 606. The van der Waals surface area contributed by atoms with Crippen molar-refractivity contribution in [3.8, 4) is 0 Å². The van der Waals surface area contributed by atoms with Gasteiger partial charge < -0.3 is 4.90 Å². The number of amides is 4. The maximum Gasteiger partial charge on any atom is 0.344 e. The number of carbonyl (C=O) groups excluding carboxylic acids is 3. The van der Waals surface area contributed by atoms with Crippen LogP contribution in [-0.4, -0.2) is 51.6 Å². The van der Waals surface area contributed by atoms with Gasteiger partial charge in [-0.3, -0.25) is 25.6 Å². The summed E-state index contributed by atoms with van der Waals surface area (Å²) < 4.78 is 0. The smallest absolute Gasteiger partial charge is 0.309 e. The van der Waals surface area contributed by atoms with E-state index in [1.165, 1.54) is 4.90 Å². The summed E-state index contributed by atoms with van der Waals surface area (Å²) in [5, 5.41) is 10.3. The van der Waals surface area contributed by atoms with Crippen molar-refractivity contribution in [3.05, 3.63) is 35.9 Å². The maximum absolute atomic E-state index is 12.2. The molecule has 2 heterocycles. The molecule has 1 aromatic rings. The van der Waals surface area contributed by atoms with Crippen LogP contribution in [0.2, 0.25) is 0 Å². The molecule has 0 unspecified atom stereocenters. The lowest BCUT2D eigenvalue weighted by molar-refractivity contribution is -0.126. The molecule has 0 saturated carbocycles. The molecule has 2 atom stereocenters. The second-order valence-electron chi connectivity index (χ2n) is 5.34. The first kappa shape index (κ1) is 14.3. The number of hydrogen-bond donors (Lipinski definition) is 3. The highest BCUT2D eigenvalue weighted by Crippen LogP contribution is 2.28. The van der Waals surface area contributed by atoms with Gasteiger partial charge in [0.2, 0.25) is 0 Å². The van der Waals surface area contributed by atoms with Gasteiger partial charge in [-0.25, -0.2) is 9.86 Å². The van der Waals surface area contributed by atoms with E-state index in [0.29, 0.717) is 30.0 Å². The fourth-order valence-corrected chi connectivity index (χ4v) is 2.79. The number of urea groups is 1. The lowest BCUT2D eigenvalue weighted by Gasteiger charge is -2.29. The first-order chi connectivity index (χ1) is 10.6. The molecule has 2 bridgehead atoms. The predicted molar refractivity (Wildman–Crippen MR) is 74.6 cm³/mol. The van der Waals surface area contributed by atoms with Crippen molar-refractivity contribution >= 4 is 17.8 Å². The van der Waals surface area contributed by atoms with Crippen molar-refractivity contribution in [1.29, 1.82) is 0 Å². The van der Waals surface area contributed by atoms with Gasteiger partial charge in [0.15, 0.2) is 0 Å². The van der Waals surface area contributed by atoms with Crippen LogP contribution in [0, 0.1) is 0 Å². The molecule has 0 spiro atoms. The quantitative estimate of drug-likeness (QED) is 0.533. The molecule has 2 aliphatic heterocycles. The largest absolute Gasteiger partial charge is 0.344 e. The number of nitrogens with zero attached hydrogens (tertiary/aromatic N) is 2. The summed E-state index contributed by atoms with van der Waals surface area (Å²) in [4.78, 5) is 37.1. The molecular formula is C14H16N4O4. The first-order valence-electron chi connectivity index (χ1n) is 7.02. The van der Waals surface area contributed by atoms with E-state index in [0.717, 1.165) is 0 Å². The zero-order valence-electron chi connectivity index (χ0n) is 11.7. The Morgan fingerprint density at radius 3 is 2.59 bits per heavy atom. The monoisotopic (exact) mass is 304 g/mol. The Morgan fingerprint density at radius 1 is 1.14 bits per heavy atom. The minimum atomic E-state index is -0.683. The van der Waals surface area contributed by atoms with Crippen LogP contribution in [-0.2, 0) is 4.79 Å². The van der Waals surface area contributed by atoms with Gasteiger partial charge in [0.1, 0.15) is 6.04 Å². The summed E-state index contributed by atoms with van der Waals surface area (Å²) in [6.45, 7) is 0.319. The number of hydrogen-bond acceptors (Lipinski definition) is 4. The number of piperidine rings is 1. The van der Waals surface area contributed by atoms with Crippen LogP contribution in [0.4, 0.5) is 4.79 Å². The van der Waals surface area contributed by atoms with Crippen LogP contribution in [0.1, 0.15) is 23.2 Å². The lowest BCUT2D eigenvalue weighted by Crippen LogP contribution is -2.54. The molecule has 116 valence electrons. The lowest BCUT2D eigenvalue weighted by atomic mass is 10.0. The van der Waals surface area contributed by atoms with Crippen molar-refractivity contribution in [2.24, 2.45) is 0 Å². The second kappa shape index (κ2) is 5.64. The zero-order valence-corrected chi connectivity index (χ0v) is 11.7. The zero-order chi connectivity index (χ0) is 15.7. The molecule has 4 amide bonds. The van der Waals surface area contributed by atoms with E-state index < -0.39 is 23.9 Å². The van der Waals surface area contributed by atoms with E-state index in [1.807, 2.05) is 0 Å². The highest BCUT2D eigenvalue weighted by Gasteiger charge is 2.46. The summed E-state index contributed by atoms with van der Waals surface area (Å²) in [5.74, 6) is -0.898. The number of hydrazine groups is 1. The number of nitrogens with one attached hydrogen (secondary N) is 2. The molecule has 2 saturated heterocycles. The van der Waals surface area contributed by atoms with Gasteiger partial charge in [-0.15, -0.1) is 0 Å². The Hall–Kier alpha value is -2.61. The third kappa shape index (κ3) is 2.48. The highest BCUT2D eigenvalue weighted by atomic mass is 16.5. The molecule has 2 fully saturated rings. The van der Waals surface area contributed by atoms with Crippen LogP contribution >= 0.6 is 0 Å². The average molecular weight is 304 g/mol. The van der Waals surface area contributed by atoms with Gasteiger partial charge >= 0.3 is 6.03 Å². The minimum Gasteiger partial charge on any atom is -0.309 e. The number of benzene rings is 1. The van der Waals surface area contributed by atoms with Crippen LogP contribution < -0.4 is 10.9 Å². The molecule has 1 aromatic carbocycles. The van der Waals surface area contributed by atoms with Gasteiger partial charge in [0, 0.05) is 12.1 Å². The topological polar surface area (TPSA) is 102 Å². The summed E-state index contributed by atoms with van der Waals surface area (Å²) in [7, 11) is 0. The van der Waals surface area contributed by atoms with E-state index in [2.05, 4.69) is 10.9 Å². The van der Waals surface area contributed by atoms with Gasteiger partial charge in [0.05, 0.1) is 6.04 Å². The number of carbonyl (C=O) groups is 3. The van der Waals surface area contributed by atoms with Crippen LogP contribution in [0.15, 0.2) is 30.3 Å². The third-order valence-electron chi connectivity index (χ3n) is 3.98. The predicted octanol–water partition coefficient (Wildman–Crippen LogP) is 0.105. The van der Waals surface area contributed by atoms with E-state index in [9.17, 15) is 19.6 Å². The van der Waals surface area contributed by atoms with Crippen molar-refractivity contribution in [2.75, 3.05) is 6.54 Å². The fourth-order valence-electron chi connectivity index (χ4n) is 2.79. The summed E-state index contributed by atoms with van der Waals surface area (Å²) in [6.07, 6.45) is 0.990. The molecule has 2 aliphatic rings. The molecule has 22 heavy (non-hydrogen) atoms. The Morgan fingerprint density at radius 2 is 1.86 bits per heavy atom. The molecule has 8 heteroatoms. The van der Waals surface area contributed by atoms with E-state index in [4.69, 9.17) is 0 Å². The fraction of sp³-hybridized carbons (Fsp3) is 0.357. The average Bonchev–Trinajstić information content (AvgIpc) is 2.78. The van der Waals surface area contributed by atoms with Crippen molar-refractivity contribution in [2.45, 2.75) is 24.9 Å². The van der Waals surface area contributed by atoms with Gasteiger partial charge in [0.25, 0.3) is 11.8 Å². The standard InChI is InChI=1S/C14H16N4O4/c19-12(9-4-2-1-3-5-9)15-16-13(20)11-7-6-10-8-17(11)14(21)18(10)22/h1-5,10-11,22H,6-8H2,(H,15,19)(H,16,20)/t10-,11-/m0/s1. The molecule has 3 rings (SSSR count). The van der Waals surface area contributed by atoms with Crippen molar-refractivity contribution < 1.29 is 19.6 Å². The van der Waals surface area contributed by atoms with Crippen LogP contribution in [0.3, 0.4) is 0 Å². The normalized spacial score (nSPS) is 23.4. The molecular weight excluding hydrogens is 288 g/mol. The minimum absolute atomic E-state index is 0.254. The Labute approximate surface area is 126 Å². The summed E-state index contributed by atoms with van der Waals surface area (Å²) in [6, 6.07) is 6.96. The Kier molecular flexibility index (Phi) is 3.68. The Balaban J connectivity index is 1.59. The number of rotatable bonds is 2. The number of fused-ring (bicyclic) bond motifs is 2. The molecule has 0 aromatic heterocycles. The van der Waals surface area contributed by atoms with Crippen molar-refractivity contribution in [1.82, 2.24) is 20.8 Å². The van der Waals surface area contributed by atoms with Gasteiger partial charge in [-0.1, -0.05) is 18.2 Å². The van der Waals surface area contributed by atoms with E-state index in [-0.39, 0.29) is 6.04 Å².